The SMILES string of the molecule is CSCC(C)NC(C)C(C)O. The second-order valence-corrected chi connectivity index (χ2v) is 3.96. The lowest BCUT2D eigenvalue weighted by Gasteiger charge is -2.21. The van der Waals surface area contributed by atoms with Gasteiger partial charge in [-0.25, -0.2) is 0 Å². The Kier molecular flexibility index (Phi) is 6.01. The molecule has 0 rings (SSSR count). The van der Waals surface area contributed by atoms with Gasteiger partial charge in [0.25, 0.3) is 0 Å². The molecule has 0 aromatic rings. The van der Waals surface area contributed by atoms with E-state index < -0.39 is 0 Å². The molecule has 11 heavy (non-hydrogen) atoms. The van der Waals surface area contributed by atoms with Gasteiger partial charge in [0.1, 0.15) is 0 Å². The van der Waals surface area contributed by atoms with E-state index in [1.807, 2.05) is 25.6 Å². The first-order chi connectivity index (χ1) is 5.07. The number of nitrogens with one attached hydrogen (secondary N) is 1. The van der Waals surface area contributed by atoms with Crippen molar-refractivity contribution in [2.24, 2.45) is 0 Å². The molecule has 0 saturated carbocycles. The molecule has 0 spiro atoms. The zero-order chi connectivity index (χ0) is 8.85. The van der Waals surface area contributed by atoms with Crippen LogP contribution < -0.4 is 5.32 Å². The van der Waals surface area contributed by atoms with Crippen molar-refractivity contribution in [3.63, 3.8) is 0 Å². The number of hydrogen-bond acceptors (Lipinski definition) is 3. The highest BCUT2D eigenvalue weighted by atomic mass is 32.2. The van der Waals surface area contributed by atoms with E-state index >= 15 is 0 Å². The van der Waals surface area contributed by atoms with Gasteiger partial charge in [-0.05, 0) is 27.0 Å². The predicted molar refractivity (Wildman–Crippen MR) is 52.1 cm³/mol. The molecule has 68 valence electrons. The van der Waals surface area contributed by atoms with Crippen LogP contribution in [0.15, 0.2) is 0 Å². The fraction of sp³-hybridized carbons (Fsp3) is 1.00. The highest BCUT2D eigenvalue weighted by molar-refractivity contribution is 7.98. The molecule has 2 N–H and O–H groups in total. The first-order valence-electron chi connectivity index (χ1n) is 4.01. The zero-order valence-electron chi connectivity index (χ0n) is 7.79. The van der Waals surface area contributed by atoms with Crippen molar-refractivity contribution in [1.29, 1.82) is 0 Å². The van der Waals surface area contributed by atoms with Gasteiger partial charge in [0.2, 0.25) is 0 Å². The van der Waals surface area contributed by atoms with Crippen molar-refractivity contribution in [2.75, 3.05) is 12.0 Å². The molecule has 0 amide bonds. The van der Waals surface area contributed by atoms with Gasteiger partial charge in [0.05, 0.1) is 6.10 Å². The molecular formula is C8H19NOS. The maximum absolute atomic E-state index is 9.17. The molecule has 0 aliphatic rings. The van der Waals surface area contributed by atoms with Crippen LogP contribution in [0.25, 0.3) is 0 Å². The number of aliphatic hydroxyl groups is 1. The average Bonchev–Trinajstić information content (AvgIpc) is 1.87. The summed E-state index contributed by atoms with van der Waals surface area (Å²) in [6.45, 7) is 5.94. The van der Waals surface area contributed by atoms with Crippen molar-refractivity contribution < 1.29 is 5.11 Å². The van der Waals surface area contributed by atoms with Gasteiger partial charge in [-0.3, -0.25) is 0 Å². The molecule has 3 unspecified atom stereocenters. The van der Waals surface area contributed by atoms with Crippen molar-refractivity contribution in [1.82, 2.24) is 5.32 Å². The second kappa shape index (κ2) is 5.86. The minimum Gasteiger partial charge on any atom is -0.392 e. The molecule has 0 bridgehead atoms. The second-order valence-electron chi connectivity index (χ2n) is 3.05. The Bertz CT molecular complexity index is 98.1. The first kappa shape index (κ1) is 11.3. The van der Waals surface area contributed by atoms with Crippen LogP contribution in [0.1, 0.15) is 20.8 Å². The van der Waals surface area contributed by atoms with Crippen LogP contribution in [0.4, 0.5) is 0 Å². The minimum absolute atomic E-state index is 0.192. The number of hydrogen-bond donors (Lipinski definition) is 2. The lowest BCUT2D eigenvalue weighted by molar-refractivity contribution is 0.148. The van der Waals surface area contributed by atoms with E-state index in [4.69, 9.17) is 5.11 Å². The Morgan fingerprint density at radius 2 is 1.91 bits per heavy atom. The maximum Gasteiger partial charge on any atom is 0.0662 e. The topological polar surface area (TPSA) is 32.3 Å². The highest BCUT2D eigenvalue weighted by Gasteiger charge is 2.10. The summed E-state index contributed by atoms with van der Waals surface area (Å²) >= 11 is 1.82. The predicted octanol–water partition coefficient (Wildman–Crippen LogP) is 1.10. The Balaban J connectivity index is 3.48. The summed E-state index contributed by atoms with van der Waals surface area (Å²) in [6.07, 6.45) is 1.82. The molecule has 0 saturated heterocycles. The summed E-state index contributed by atoms with van der Waals surface area (Å²) in [5, 5.41) is 12.5. The molecule has 2 nitrogen and oxygen atoms in total. The summed E-state index contributed by atoms with van der Waals surface area (Å²) < 4.78 is 0. The fourth-order valence-electron chi connectivity index (χ4n) is 0.886. The average molecular weight is 177 g/mol. The molecule has 0 heterocycles. The molecule has 0 aliphatic heterocycles. The van der Waals surface area contributed by atoms with Crippen LogP contribution in [0.5, 0.6) is 0 Å². The van der Waals surface area contributed by atoms with Gasteiger partial charge in [0, 0.05) is 17.8 Å². The van der Waals surface area contributed by atoms with Gasteiger partial charge in [-0.15, -0.1) is 0 Å². The van der Waals surface area contributed by atoms with Crippen molar-refractivity contribution in [2.45, 2.75) is 39.0 Å². The normalized spacial score (nSPS) is 19.4. The van der Waals surface area contributed by atoms with Gasteiger partial charge >= 0.3 is 0 Å². The monoisotopic (exact) mass is 177 g/mol. The van der Waals surface area contributed by atoms with E-state index in [0.29, 0.717) is 6.04 Å². The summed E-state index contributed by atoms with van der Waals surface area (Å²) in [7, 11) is 0. The van der Waals surface area contributed by atoms with Gasteiger partial charge in [0.15, 0.2) is 0 Å². The Morgan fingerprint density at radius 1 is 1.36 bits per heavy atom. The van der Waals surface area contributed by atoms with Crippen molar-refractivity contribution >= 4 is 11.8 Å². The Hall–Kier alpha value is 0.270. The summed E-state index contributed by atoms with van der Waals surface area (Å²) in [4.78, 5) is 0. The number of aliphatic hydroxyl groups excluding tert-OH is 1. The smallest absolute Gasteiger partial charge is 0.0662 e. The van der Waals surface area contributed by atoms with Crippen LogP contribution in [0.3, 0.4) is 0 Å². The van der Waals surface area contributed by atoms with Crippen LogP contribution >= 0.6 is 11.8 Å². The molecule has 0 radical (unpaired) electrons. The van der Waals surface area contributed by atoms with Crippen LogP contribution in [-0.4, -0.2) is 35.3 Å². The molecule has 0 aliphatic carbocycles. The molecule has 0 fully saturated rings. The van der Waals surface area contributed by atoms with Crippen LogP contribution in [0.2, 0.25) is 0 Å². The fourth-order valence-corrected chi connectivity index (χ4v) is 1.48. The summed E-state index contributed by atoms with van der Waals surface area (Å²) in [5.74, 6) is 1.09. The summed E-state index contributed by atoms with van der Waals surface area (Å²) in [5.41, 5.74) is 0. The number of thioether (sulfide) groups is 1. The lowest BCUT2D eigenvalue weighted by atomic mass is 10.2. The van der Waals surface area contributed by atoms with E-state index in [1.165, 1.54) is 0 Å². The minimum atomic E-state index is -0.265. The van der Waals surface area contributed by atoms with Crippen molar-refractivity contribution in [3.8, 4) is 0 Å². The van der Waals surface area contributed by atoms with E-state index in [0.717, 1.165) is 5.75 Å². The Morgan fingerprint density at radius 3 is 2.27 bits per heavy atom. The van der Waals surface area contributed by atoms with E-state index in [2.05, 4.69) is 18.5 Å². The quantitative estimate of drug-likeness (QED) is 0.659. The molecular weight excluding hydrogens is 158 g/mol. The van der Waals surface area contributed by atoms with Gasteiger partial charge in [-0.1, -0.05) is 0 Å². The number of rotatable bonds is 5. The third kappa shape index (κ3) is 5.53. The van der Waals surface area contributed by atoms with Gasteiger partial charge in [-0.2, -0.15) is 11.8 Å². The highest BCUT2D eigenvalue weighted by Crippen LogP contribution is 1.99. The molecule has 3 heteroatoms. The zero-order valence-corrected chi connectivity index (χ0v) is 8.61. The van der Waals surface area contributed by atoms with Crippen LogP contribution in [-0.2, 0) is 0 Å². The van der Waals surface area contributed by atoms with Gasteiger partial charge < -0.3 is 10.4 Å². The third-order valence-electron chi connectivity index (χ3n) is 1.69. The van der Waals surface area contributed by atoms with E-state index in [9.17, 15) is 0 Å². The first-order valence-corrected chi connectivity index (χ1v) is 5.40. The van der Waals surface area contributed by atoms with E-state index in [-0.39, 0.29) is 12.1 Å². The molecule has 0 aromatic heterocycles. The van der Waals surface area contributed by atoms with E-state index in [1.54, 1.807) is 0 Å². The largest absolute Gasteiger partial charge is 0.392 e. The standard InChI is InChI=1S/C8H19NOS/c1-6(5-11-4)9-7(2)8(3)10/h6-10H,5H2,1-4H3. The summed E-state index contributed by atoms with van der Waals surface area (Å²) in [6, 6.07) is 0.673. The maximum atomic E-state index is 9.17. The third-order valence-corrected chi connectivity index (χ3v) is 2.52. The molecule has 0 aromatic carbocycles. The molecule has 3 atom stereocenters. The van der Waals surface area contributed by atoms with Crippen molar-refractivity contribution in [3.05, 3.63) is 0 Å². The Labute approximate surface area is 73.8 Å². The lowest BCUT2D eigenvalue weighted by Crippen LogP contribution is -2.42. The van der Waals surface area contributed by atoms with Crippen LogP contribution in [0, 0.1) is 0 Å².